The van der Waals surface area contributed by atoms with Crippen LogP contribution in [0.4, 0.5) is 10.7 Å². The maximum absolute atomic E-state index is 12.7. The van der Waals surface area contributed by atoms with E-state index in [1.807, 2.05) is 57.2 Å². The number of methoxy groups -OCH3 is 1. The van der Waals surface area contributed by atoms with Gasteiger partial charge in [-0.05, 0) is 68.7 Å². The number of anilines is 1. The van der Waals surface area contributed by atoms with E-state index in [9.17, 15) is 4.79 Å². The van der Waals surface area contributed by atoms with Crippen LogP contribution in [0, 0.1) is 0 Å². The molecule has 9 nitrogen and oxygen atoms in total. The maximum atomic E-state index is 12.7. The van der Waals surface area contributed by atoms with Gasteiger partial charge in [-0.3, -0.25) is 4.57 Å². The quantitative estimate of drug-likeness (QED) is 0.269. The Labute approximate surface area is 239 Å². The lowest BCUT2D eigenvalue weighted by Gasteiger charge is -2.34. The van der Waals surface area contributed by atoms with E-state index in [2.05, 4.69) is 45.2 Å². The number of ether oxygens (including phenoxy) is 2. The van der Waals surface area contributed by atoms with Crippen LogP contribution in [-0.2, 0) is 4.74 Å². The minimum Gasteiger partial charge on any atom is -0.497 e. The second-order valence-electron chi connectivity index (χ2n) is 11.3. The van der Waals surface area contributed by atoms with Crippen LogP contribution in [0.1, 0.15) is 33.6 Å². The molecular formula is C32H34N6O3. The average molecular weight is 551 g/mol. The summed E-state index contributed by atoms with van der Waals surface area (Å²) in [5.74, 6) is 2.71. The van der Waals surface area contributed by atoms with Gasteiger partial charge in [0.2, 0.25) is 5.95 Å². The lowest BCUT2D eigenvalue weighted by molar-refractivity contribution is 0.0206. The SMILES string of the molecule is COc1ccc2c(c1)nc(-c1ccc3ccccc3c1)n2-c1ccnc(NC2CCCN(C(=O)OC(C)(C)C)C2)n1. The molecule has 1 unspecified atom stereocenters. The van der Waals surface area contributed by atoms with E-state index in [-0.39, 0.29) is 12.1 Å². The summed E-state index contributed by atoms with van der Waals surface area (Å²) < 4.78 is 13.1. The van der Waals surface area contributed by atoms with Crippen LogP contribution in [-0.4, -0.2) is 62.4 Å². The summed E-state index contributed by atoms with van der Waals surface area (Å²) in [5, 5.41) is 5.76. The third kappa shape index (κ3) is 5.66. The second kappa shape index (κ2) is 10.7. The van der Waals surface area contributed by atoms with Gasteiger partial charge in [0, 0.05) is 37.0 Å². The van der Waals surface area contributed by atoms with E-state index in [4.69, 9.17) is 19.4 Å². The van der Waals surface area contributed by atoms with Crippen molar-refractivity contribution in [1.29, 1.82) is 0 Å². The molecule has 6 rings (SSSR count). The Bertz CT molecular complexity index is 1720. The average Bonchev–Trinajstić information content (AvgIpc) is 3.35. The summed E-state index contributed by atoms with van der Waals surface area (Å²) >= 11 is 0. The summed E-state index contributed by atoms with van der Waals surface area (Å²) in [6, 6.07) is 22.4. The monoisotopic (exact) mass is 550 g/mol. The Balaban J connectivity index is 1.35. The van der Waals surface area contributed by atoms with Crippen molar-refractivity contribution in [3.63, 3.8) is 0 Å². The van der Waals surface area contributed by atoms with E-state index in [1.54, 1.807) is 18.2 Å². The minimum atomic E-state index is -0.533. The summed E-state index contributed by atoms with van der Waals surface area (Å²) in [6.45, 7) is 6.84. The van der Waals surface area contributed by atoms with Crippen molar-refractivity contribution < 1.29 is 14.3 Å². The highest BCUT2D eigenvalue weighted by atomic mass is 16.6. The molecule has 0 spiro atoms. The van der Waals surface area contributed by atoms with Gasteiger partial charge in [0.25, 0.3) is 0 Å². The highest BCUT2D eigenvalue weighted by Gasteiger charge is 2.28. The van der Waals surface area contributed by atoms with Crippen molar-refractivity contribution in [2.75, 3.05) is 25.5 Å². The smallest absolute Gasteiger partial charge is 0.410 e. The summed E-state index contributed by atoms with van der Waals surface area (Å²) in [7, 11) is 1.65. The normalized spacial score (nSPS) is 15.7. The number of likely N-dealkylation sites (tertiary alicyclic amines) is 1. The predicted molar refractivity (Wildman–Crippen MR) is 161 cm³/mol. The second-order valence-corrected chi connectivity index (χ2v) is 11.3. The van der Waals surface area contributed by atoms with Crippen LogP contribution in [0.5, 0.6) is 5.75 Å². The summed E-state index contributed by atoms with van der Waals surface area (Å²) in [5.41, 5.74) is 2.16. The number of aromatic nitrogens is 4. The van der Waals surface area contributed by atoms with Gasteiger partial charge < -0.3 is 19.7 Å². The van der Waals surface area contributed by atoms with E-state index in [0.29, 0.717) is 24.9 Å². The third-order valence-electron chi connectivity index (χ3n) is 7.15. The highest BCUT2D eigenvalue weighted by Crippen LogP contribution is 2.32. The van der Waals surface area contributed by atoms with Crippen molar-refractivity contribution in [3.05, 3.63) is 72.9 Å². The number of nitrogens with one attached hydrogen (secondary N) is 1. The van der Waals surface area contributed by atoms with Gasteiger partial charge in [0.15, 0.2) is 0 Å². The zero-order valence-electron chi connectivity index (χ0n) is 23.8. The Morgan fingerprint density at radius 1 is 1.00 bits per heavy atom. The van der Waals surface area contributed by atoms with Gasteiger partial charge in [0.05, 0.1) is 18.1 Å². The first-order chi connectivity index (χ1) is 19.8. The number of hydrogen-bond acceptors (Lipinski definition) is 7. The standard InChI is InChI=1S/C32H34N6O3/c1-32(2,3)41-31(39)37-17-7-10-24(20-37)34-30-33-16-15-28(36-30)38-27-14-13-25(40-4)19-26(27)35-29(38)23-12-11-21-8-5-6-9-22(21)18-23/h5-6,8-9,11-16,18-19,24H,7,10,17,20H2,1-4H3,(H,33,34,36). The van der Waals surface area contributed by atoms with Gasteiger partial charge in [-0.25, -0.2) is 14.8 Å². The number of amides is 1. The Hall–Kier alpha value is -4.66. The van der Waals surface area contributed by atoms with Crippen molar-refractivity contribution in [3.8, 4) is 23.0 Å². The first-order valence-corrected chi connectivity index (χ1v) is 13.9. The van der Waals surface area contributed by atoms with E-state index in [1.165, 1.54) is 5.39 Å². The first kappa shape index (κ1) is 26.6. The van der Waals surface area contributed by atoms with Crippen LogP contribution in [0.2, 0.25) is 0 Å². The molecule has 3 heterocycles. The van der Waals surface area contributed by atoms with Crippen LogP contribution in [0.15, 0.2) is 72.9 Å². The number of rotatable bonds is 5. The Morgan fingerprint density at radius 2 is 1.83 bits per heavy atom. The molecule has 1 aliphatic rings. The van der Waals surface area contributed by atoms with Gasteiger partial charge in [0.1, 0.15) is 23.0 Å². The van der Waals surface area contributed by atoms with Crippen LogP contribution >= 0.6 is 0 Å². The van der Waals surface area contributed by atoms with Crippen molar-refractivity contribution in [1.82, 2.24) is 24.4 Å². The molecule has 1 aliphatic heterocycles. The molecule has 5 aromatic rings. The largest absolute Gasteiger partial charge is 0.497 e. The number of carbonyl (C=O) groups excluding carboxylic acids is 1. The fraction of sp³-hybridized carbons (Fsp3) is 0.312. The number of carbonyl (C=O) groups is 1. The lowest BCUT2D eigenvalue weighted by Crippen LogP contribution is -2.47. The molecule has 3 aromatic carbocycles. The number of hydrogen-bond donors (Lipinski definition) is 1. The molecule has 1 amide bonds. The summed E-state index contributed by atoms with van der Waals surface area (Å²) in [6.07, 6.45) is 3.23. The topological polar surface area (TPSA) is 94.4 Å². The Kier molecular flexibility index (Phi) is 6.95. The molecule has 0 radical (unpaired) electrons. The van der Waals surface area contributed by atoms with Gasteiger partial charge in [-0.2, -0.15) is 4.98 Å². The molecule has 1 N–H and O–H groups in total. The molecule has 0 aliphatic carbocycles. The third-order valence-corrected chi connectivity index (χ3v) is 7.15. The van der Waals surface area contributed by atoms with Gasteiger partial charge in [-0.15, -0.1) is 0 Å². The van der Waals surface area contributed by atoms with Crippen LogP contribution in [0.25, 0.3) is 39.0 Å². The van der Waals surface area contributed by atoms with Gasteiger partial charge >= 0.3 is 6.09 Å². The number of benzene rings is 3. The molecule has 9 heteroatoms. The maximum Gasteiger partial charge on any atom is 0.410 e. The minimum absolute atomic E-state index is 0.00951. The van der Waals surface area contributed by atoms with Crippen molar-refractivity contribution in [2.45, 2.75) is 45.3 Å². The first-order valence-electron chi connectivity index (χ1n) is 13.9. The summed E-state index contributed by atoms with van der Waals surface area (Å²) in [4.78, 5) is 28.9. The lowest BCUT2D eigenvalue weighted by atomic mass is 10.1. The van der Waals surface area contributed by atoms with E-state index < -0.39 is 5.60 Å². The molecule has 0 bridgehead atoms. The van der Waals surface area contributed by atoms with E-state index >= 15 is 0 Å². The fourth-order valence-electron chi connectivity index (χ4n) is 5.25. The highest BCUT2D eigenvalue weighted by molar-refractivity contribution is 5.89. The molecule has 41 heavy (non-hydrogen) atoms. The molecule has 2 aromatic heterocycles. The predicted octanol–water partition coefficient (Wildman–Crippen LogP) is 6.46. The molecule has 210 valence electrons. The number of imidazole rings is 1. The zero-order chi connectivity index (χ0) is 28.6. The number of nitrogens with zero attached hydrogens (tertiary/aromatic N) is 5. The van der Waals surface area contributed by atoms with Crippen LogP contribution in [0.3, 0.4) is 0 Å². The molecule has 1 atom stereocenters. The van der Waals surface area contributed by atoms with Crippen molar-refractivity contribution >= 4 is 33.8 Å². The molecule has 1 fully saturated rings. The molecular weight excluding hydrogens is 516 g/mol. The van der Waals surface area contributed by atoms with Gasteiger partial charge in [-0.1, -0.05) is 36.4 Å². The van der Waals surface area contributed by atoms with Crippen LogP contribution < -0.4 is 10.1 Å². The Morgan fingerprint density at radius 3 is 2.63 bits per heavy atom. The van der Waals surface area contributed by atoms with E-state index in [0.717, 1.165) is 46.4 Å². The fourth-order valence-corrected chi connectivity index (χ4v) is 5.25. The molecule has 0 saturated carbocycles. The zero-order valence-corrected chi connectivity index (χ0v) is 23.8. The number of piperidine rings is 1. The van der Waals surface area contributed by atoms with Crippen molar-refractivity contribution in [2.24, 2.45) is 0 Å². The molecule has 1 saturated heterocycles. The number of fused-ring (bicyclic) bond motifs is 2.